The fourth-order valence-corrected chi connectivity index (χ4v) is 2.07. The van der Waals surface area contributed by atoms with E-state index in [2.05, 4.69) is 5.32 Å². The van der Waals surface area contributed by atoms with E-state index in [0.29, 0.717) is 11.6 Å². The van der Waals surface area contributed by atoms with E-state index in [9.17, 15) is 0 Å². The Bertz CT molecular complexity index is 528. The van der Waals surface area contributed by atoms with E-state index in [1.165, 1.54) is 0 Å². The molecule has 1 atom stereocenters. The molecule has 0 aliphatic rings. The molecular formula is C15H17ClN2O. The minimum atomic E-state index is 0.0193. The lowest BCUT2D eigenvalue weighted by atomic mass is 10.1. The molecule has 1 unspecified atom stereocenters. The van der Waals surface area contributed by atoms with Crippen LogP contribution in [-0.2, 0) is 0 Å². The number of halogens is 1. The molecule has 0 aliphatic heterocycles. The third kappa shape index (κ3) is 3.40. The van der Waals surface area contributed by atoms with E-state index < -0.39 is 0 Å². The number of methoxy groups -OCH3 is 1. The molecule has 4 heteroatoms. The van der Waals surface area contributed by atoms with E-state index in [0.717, 1.165) is 17.0 Å². The SMILES string of the molecule is COc1ccc(C(CN)Nc2ccccc2Cl)cc1. The van der Waals surface area contributed by atoms with Crippen molar-refractivity contribution in [2.75, 3.05) is 19.0 Å². The minimum absolute atomic E-state index is 0.0193. The molecule has 0 saturated carbocycles. The molecule has 2 aromatic carbocycles. The van der Waals surface area contributed by atoms with Gasteiger partial charge in [-0.3, -0.25) is 0 Å². The van der Waals surface area contributed by atoms with Gasteiger partial charge < -0.3 is 15.8 Å². The molecule has 0 aliphatic carbocycles. The van der Waals surface area contributed by atoms with Crippen molar-refractivity contribution in [3.05, 3.63) is 59.1 Å². The van der Waals surface area contributed by atoms with Gasteiger partial charge in [0.1, 0.15) is 5.75 Å². The molecule has 2 rings (SSSR count). The monoisotopic (exact) mass is 276 g/mol. The Balaban J connectivity index is 2.17. The number of hydrogen-bond donors (Lipinski definition) is 2. The Morgan fingerprint density at radius 1 is 1.16 bits per heavy atom. The summed E-state index contributed by atoms with van der Waals surface area (Å²) in [6, 6.07) is 15.5. The molecule has 0 bridgehead atoms. The molecule has 19 heavy (non-hydrogen) atoms. The molecule has 0 aromatic heterocycles. The minimum Gasteiger partial charge on any atom is -0.497 e. The summed E-state index contributed by atoms with van der Waals surface area (Å²) in [7, 11) is 1.65. The van der Waals surface area contributed by atoms with Gasteiger partial charge in [0.25, 0.3) is 0 Å². The van der Waals surface area contributed by atoms with E-state index in [-0.39, 0.29) is 6.04 Å². The zero-order valence-electron chi connectivity index (χ0n) is 10.8. The Hall–Kier alpha value is -1.71. The average Bonchev–Trinajstić information content (AvgIpc) is 2.47. The van der Waals surface area contributed by atoms with Gasteiger partial charge in [0.05, 0.1) is 23.9 Å². The Labute approximate surface area is 118 Å². The number of nitrogens with one attached hydrogen (secondary N) is 1. The molecule has 0 heterocycles. The first-order valence-electron chi connectivity index (χ1n) is 6.09. The second-order valence-corrected chi connectivity index (χ2v) is 4.59. The molecule has 100 valence electrons. The van der Waals surface area contributed by atoms with E-state index in [4.69, 9.17) is 22.1 Å². The molecule has 3 N–H and O–H groups in total. The van der Waals surface area contributed by atoms with Crippen LogP contribution >= 0.6 is 11.6 Å². The highest BCUT2D eigenvalue weighted by molar-refractivity contribution is 6.33. The van der Waals surface area contributed by atoms with Crippen LogP contribution in [0.1, 0.15) is 11.6 Å². The van der Waals surface area contributed by atoms with E-state index in [1.807, 2.05) is 48.5 Å². The quantitative estimate of drug-likeness (QED) is 0.879. The number of hydrogen-bond acceptors (Lipinski definition) is 3. The Morgan fingerprint density at radius 2 is 1.84 bits per heavy atom. The second-order valence-electron chi connectivity index (χ2n) is 4.19. The topological polar surface area (TPSA) is 47.3 Å². The first kappa shape index (κ1) is 13.7. The van der Waals surface area contributed by atoms with Gasteiger partial charge in [-0.25, -0.2) is 0 Å². The number of para-hydroxylation sites is 1. The van der Waals surface area contributed by atoms with Crippen LogP contribution in [0.15, 0.2) is 48.5 Å². The van der Waals surface area contributed by atoms with Gasteiger partial charge in [-0.2, -0.15) is 0 Å². The number of nitrogens with two attached hydrogens (primary N) is 1. The molecule has 0 saturated heterocycles. The third-order valence-corrected chi connectivity index (χ3v) is 3.29. The van der Waals surface area contributed by atoms with Crippen LogP contribution in [0, 0.1) is 0 Å². The van der Waals surface area contributed by atoms with Crippen LogP contribution in [0.3, 0.4) is 0 Å². The Kier molecular flexibility index (Phi) is 4.66. The normalized spacial score (nSPS) is 11.9. The van der Waals surface area contributed by atoms with Gasteiger partial charge in [0, 0.05) is 6.54 Å². The first-order valence-corrected chi connectivity index (χ1v) is 6.47. The van der Waals surface area contributed by atoms with Crippen molar-refractivity contribution in [2.45, 2.75) is 6.04 Å². The summed E-state index contributed by atoms with van der Waals surface area (Å²) < 4.78 is 5.15. The number of benzene rings is 2. The Morgan fingerprint density at radius 3 is 2.42 bits per heavy atom. The van der Waals surface area contributed by atoms with Crippen molar-refractivity contribution in [1.29, 1.82) is 0 Å². The second kappa shape index (κ2) is 6.45. The molecule has 0 spiro atoms. The number of anilines is 1. The molecule has 0 amide bonds. The zero-order chi connectivity index (χ0) is 13.7. The summed E-state index contributed by atoms with van der Waals surface area (Å²) in [5.74, 6) is 0.831. The fraction of sp³-hybridized carbons (Fsp3) is 0.200. The predicted octanol–water partition coefficient (Wildman–Crippen LogP) is 3.46. The van der Waals surface area contributed by atoms with Gasteiger partial charge in [-0.15, -0.1) is 0 Å². The maximum Gasteiger partial charge on any atom is 0.118 e. The summed E-state index contributed by atoms with van der Waals surface area (Å²) in [5, 5.41) is 4.04. The van der Waals surface area contributed by atoms with Gasteiger partial charge in [-0.1, -0.05) is 35.9 Å². The molecular weight excluding hydrogens is 260 g/mol. The summed E-state index contributed by atoms with van der Waals surface area (Å²) in [4.78, 5) is 0. The van der Waals surface area contributed by atoms with Crippen molar-refractivity contribution in [3.63, 3.8) is 0 Å². The highest BCUT2D eigenvalue weighted by atomic mass is 35.5. The van der Waals surface area contributed by atoms with E-state index in [1.54, 1.807) is 7.11 Å². The zero-order valence-corrected chi connectivity index (χ0v) is 11.5. The highest BCUT2D eigenvalue weighted by Gasteiger charge is 2.11. The summed E-state index contributed by atoms with van der Waals surface area (Å²) >= 11 is 6.14. The molecule has 0 fully saturated rings. The van der Waals surface area contributed by atoms with Gasteiger partial charge in [0.15, 0.2) is 0 Å². The maximum absolute atomic E-state index is 6.14. The van der Waals surface area contributed by atoms with Crippen LogP contribution in [0.25, 0.3) is 0 Å². The first-order chi connectivity index (χ1) is 9.24. The lowest BCUT2D eigenvalue weighted by molar-refractivity contribution is 0.414. The molecule has 0 radical (unpaired) electrons. The predicted molar refractivity (Wildman–Crippen MR) is 79.9 cm³/mol. The van der Waals surface area contributed by atoms with Gasteiger partial charge in [-0.05, 0) is 29.8 Å². The van der Waals surface area contributed by atoms with Crippen LogP contribution in [0.4, 0.5) is 5.69 Å². The maximum atomic E-state index is 6.14. The smallest absolute Gasteiger partial charge is 0.118 e. The number of rotatable bonds is 5. The summed E-state index contributed by atoms with van der Waals surface area (Å²) in [5.41, 5.74) is 7.82. The van der Waals surface area contributed by atoms with Crippen molar-refractivity contribution < 1.29 is 4.74 Å². The van der Waals surface area contributed by atoms with E-state index >= 15 is 0 Å². The van der Waals surface area contributed by atoms with Crippen LogP contribution in [0.2, 0.25) is 5.02 Å². The standard InChI is InChI=1S/C15H17ClN2O/c1-19-12-8-6-11(7-9-12)15(10-17)18-14-5-3-2-4-13(14)16/h2-9,15,18H,10,17H2,1H3. The van der Waals surface area contributed by atoms with Gasteiger partial charge in [0.2, 0.25) is 0 Å². The van der Waals surface area contributed by atoms with Gasteiger partial charge >= 0.3 is 0 Å². The lowest BCUT2D eigenvalue weighted by Crippen LogP contribution is -2.20. The largest absolute Gasteiger partial charge is 0.497 e. The lowest BCUT2D eigenvalue weighted by Gasteiger charge is -2.19. The van der Waals surface area contributed by atoms with Crippen LogP contribution in [0.5, 0.6) is 5.75 Å². The van der Waals surface area contributed by atoms with Crippen LogP contribution in [-0.4, -0.2) is 13.7 Å². The molecule has 2 aromatic rings. The average molecular weight is 277 g/mol. The van der Waals surface area contributed by atoms with Crippen molar-refractivity contribution in [2.24, 2.45) is 5.73 Å². The summed E-state index contributed by atoms with van der Waals surface area (Å²) in [6.45, 7) is 0.484. The summed E-state index contributed by atoms with van der Waals surface area (Å²) in [6.07, 6.45) is 0. The van der Waals surface area contributed by atoms with Crippen LogP contribution < -0.4 is 15.8 Å². The third-order valence-electron chi connectivity index (χ3n) is 2.96. The molecule has 3 nitrogen and oxygen atoms in total. The highest BCUT2D eigenvalue weighted by Crippen LogP contribution is 2.26. The van der Waals surface area contributed by atoms with Crippen molar-refractivity contribution >= 4 is 17.3 Å². The van der Waals surface area contributed by atoms with Crippen molar-refractivity contribution in [3.8, 4) is 5.75 Å². The van der Waals surface area contributed by atoms with Crippen molar-refractivity contribution in [1.82, 2.24) is 0 Å². The fourth-order valence-electron chi connectivity index (χ4n) is 1.88. The number of ether oxygens (including phenoxy) is 1.